The van der Waals surface area contributed by atoms with E-state index in [2.05, 4.69) is 5.32 Å². The molecular weight excluding hydrogens is 250 g/mol. The van der Waals surface area contributed by atoms with Crippen molar-refractivity contribution in [2.45, 2.75) is 6.04 Å². The van der Waals surface area contributed by atoms with Crippen LogP contribution in [-0.2, 0) is 9.53 Å². The first-order valence-corrected chi connectivity index (χ1v) is 5.52. The highest BCUT2D eigenvalue weighted by molar-refractivity contribution is 5.99. The molecule has 0 bridgehead atoms. The van der Waals surface area contributed by atoms with Crippen molar-refractivity contribution in [3.05, 3.63) is 23.8 Å². The standard InChI is InChI=1S/C12H17N3O4/c1-18-6-8(13)12(17)15-9-5-7(11(14)16)3-4-10(9)19-2/h3-5,8H,6,13H2,1-2H3,(H2,14,16)(H,15,17). The highest BCUT2D eigenvalue weighted by Gasteiger charge is 2.16. The number of rotatable bonds is 6. The minimum absolute atomic E-state index is 0.0870. The quantitative estimate of drug-likeness (QED) is 0.654. The summed E-state index contributed by atoms with van der Waals surface area (Å²) in [5, 5.41) is 2.56. The molecule has 0 spiro atoms. The van der Waals surface area contributed by atoms with E-state index in [4.69, 9.17) is 20.9 Å². The molecular formula is C12H17N3O4. The van der Waals surface area contributed by atoms with Crippen LogP contribution in [0, 0.1) is 0 Å². The molecule has 19 heavy (non-hydrogen) atoms. The van der Waals surface area contributed by atoms with Crippen molar-refractivity contribution < 1.29 is 19.1 Å². The molecule has 0 aliphatic heterocycles. The number of hydrogen-bond donors (Lipinski definition) is 3. The Morgan fingerprint density at radius 2 is 2.05 bits per heavy atom. The number of benzene rings is 1. The third kappa shape index (κ3) is 3.94. The lowest BCUT2D eigenvalue weighted by Crippen LogP contribution is -2.39. The maximum atomic E-state index is 11.8. The van der Waals surface area contributed by atoms with Gasteiger partial charge in [0.1, 0.15) is 11.8 Å². The van der Waals surface area contributed by atoms with E-state index in [1.165, 1.54) is 32.4 Å². The lowest BCUT2D eigenvalue weighted by Gasteiger charge is -2.14. The monoisotopic (exact) mass is 267 g/mol. The van der Waals surface area contributed by atoms with Crippen LogP contribution in [0.15, 0.2) is 18.2 Å². The highest BCUT2D eigenvalue weighted by atomic mass is 16.5. The molecule has 0 aliphatic rings. The molecule has 1 atom stereocenters. The molecule has 2 amide bonds. The molecule has 0 saturated heterocycles. The Bertz CT molecular complexity index is 476. The van der Waals surface area contributed by atoms with Gasteiger partial charge in [-0.15, -0.1) is 0 Å². The van der Waals surface area contributed by atoms with Crippen LogP contribution in [0.3, 0.4) is 0 Å². The Morgan fingerprint density at radius 3 is 2.58 bits per heavy atom. The number of nitrogens with two attached hydrogens (primary N) is 2. The zero-order chi connectivity index (χ0) is 14.4. The smallest absolute Gasteiger partial charge is 0.248 e. The molecule has 0 radical (unpaired) electrons. The van der Waals surface area contributed by atoms with Crippen LogP contribution in [0.5, 0.6) is 5.75 Å². The summed E-state index contributed by atoms with van der Waals surface area (Å²) >= 11 is 0. The first-order chi connectivity index (χ1) is 8.99. The Hall–Kier alpha value is -2.12. The van der Waals surface area contributed by atoms with Crippen molar-refractivity contribution in [3.8, 4) is 5.75 Å². The number of anilines is 1. The van der Waals surface area contributed by atoms with E-state index >= 15 is 0 Å². The van der Waals surface area contributed by atoms with Crippen molar-refractivity contribution in [1.82, 2.24) is 0 Å². The molecule has 7 heteroatoms. The number of amides is 2. The number of primary amides is 1. The van der Waals surface area contributed by atoms with Crippen molar-refractivity contribution >= 4 is 17.5 Å². The molecule has 5 N–H and O–H groups in total. The van der Waals surface area contributed by atoms with Crippen LogP contribution in [0.4, 0.5) is 5.69 Å². The normalized spacial score (nSPS) is 11.7. The molecule has 0 fully saturated rings. The fourth-order valence-electron chi connectivity index (χ4n) is 1.44. The fourth-order valence-corrected chi connectivity index (χ4v) is 1.44. The summed E-state index contributed by atoms with van der Waals surface area (Å²) in [6.07, 6.45) is 0. The second-order valence-electron chi connectivity index (χ2n) is 3.83. The van der Waals surface area contributed by atoms with E-state index in [0.29, 0.717) is 11.4 Å². The number of nitrogens with one attached hydrogen (secondary N) is 1. The summed E-state index contributed by atoms with van der Waals surface area (Å²) in [6.45, 7) is 0.0870. The summed E-state index contributed by atoms with van der Waals surface area (Å²) in [4.78, 5) is 22.9. The van der Waals surface area contributed by atoms with Gasteiger partial charge in [-0.25, -0.2) is 0 Å². The molecule has 0 heterocycles. The van der Waals surface area contributed by atoms with Gasteiger partial charge in [-0.3, -0.25) is 9.59 Å². The van der Waals surface area contributed by atoms with E-state index in [9.17, 15) is 9.59 Å². The average molecular weight is 267 g/mol. The maximum Gasteiger partial charge on any atom is 0.248 e. The zero-order valence-corrected chi connectivity index (χ0v) is 10.8. The lowest BCUT2D eigenvalue weighted by molar-refractivity contribution is -0.118. The number of methoxy groups -OCH3 is 2. The van der Waals surface area contributed by atoms with Gasteiger partial charge in [-0.1, -0.05) is 0 Å². The minimum atomic E-state index is -0.813. The van der Waals surface area contributed by atoms with Gasteiger partial charge in [-0.05, 0) is 18.2 Å². The van der Waals surface area contributed by atoms with Crippen LogP contribution in [0.25, 0.3) is 0 Å². The summed E-state index contributed by atoms with van der Waals surface area (Å²) in [7, 11) is 2.89. The first-order valence-electron chi connectivity index (χ1n) is 5.52. The van der Waals surface area contributed by atoms with Gasteiger partial charge in [0.2, 0.25) is 11.8 Å². The van der Waals surface area contributed by atoms with Gasteiger partial charge in [0.15, 0.2) is 0 Å². The van der Waals surface area contributed by atoms with Gasteiger partial charge in [-0.2, -0.15) is 0 Å². The molecule has 1 unspecified atom stereocenters. The fraction of sp³-hybridized carbons (Fsp3) is 0.333. The topological polar surface area (TPSA) is 117 Å². The van der Waals surface area contributed by atoms with Gasteiger partial charge in [0.25, 0.3) is 0 Å². The summed E-state index contributed by atoms with van der Waals surface area (Å²) in [5.74, 6) is -0.635. The molecule has 1 aromatic carbocycles. The minimum Gasteiger partial charge on any atom is -0.495 e. The van der Waals surface area contributed by atoms with Crippen molar-refractivity contribution in [1.29, 1.82) is 0 Å². The van der Waals surface area contributed by atoms with Crippen LogP contribution in [-0.4, -0.2) is 38.7 Å². The number of ether oxygens (including phenoxy) is 2. The predicted octanol–water partition coefficient (Wildman–Crippen LogP) is -0.294. The van der Waals surface area contributed by atoms with Crippen molar-refractivity contribution in [3.63, 3.8) is 0 Å². The SMILES string of the molecule is COCC(N)C(=O)Nc1cc(C(N)=O)ccc1OC. The summed E-state index contributed by atoms with van der Waals surface area (Å²) < 4.78 is 9.87. The van der Waals surface area contributed by atoms with E-state index < -0.39 is 17.9 Å². The van der Waals surface area contributed by atoms with Gasteiger partial charge in [0.05, 0.1) is 19.4 Å². The van der Waals surface area contributed by atoms with Gasteiger partial charge < -0.3 is 26.3 Å². The number of hydrogen-bond acceptors (Lipinski definition) is 5. The van der Waals surface area contributed by atoms with E-state index in [-0.39, 0.29) is 12.2 Å². The largest absolute Gasteiger partial charge is 0.495 e. The number of carbonyl (C=O) groups excluding carboxylic acids is 2. The lowest BCUT2D eigenvalue weighted by atomic mass is 10.1. The maximum absolute atomic E-state index is 11.8. The van der Waals surface area contributed by atoms with Crippen molar-refractivity contribution in [2.24, 2.45) is 11.5 Å². The summed E-state index contributed by atoms with van der Waals surface area (Å²) in [5.41, 5.74) is 11.4. The molecule has 0 aliphatic carbocycles. The average Bonchev–Trinajstić information content (AvgIpc) is 2.38. The second-order valence-corrected chi connectivity index (χ2v) is 3.83. The van der Waals surface area contributed by atoms with Gasteiger partial charge in [0, 0.05) is 12.7 Å². The molecule has 0 saturated carbocycles. The van der Waals surface area contributed by atoms with Crippen LogP contribution in [0.1, 0.15) is 10.4 Å². The van der Waals surface area contributed by atoms with Gasteiger partial charge >= 0.3 is 0 Å². The second kappa shape index (κ2) is 6.72. The molecule has 1 rings (SSSR count). The third-order valence-electron chi connectivity index (χ3n) is 2.42. The zero-order valence-electron chi connectivity index (χ0n) is 10.8. The molecule has 1 aromatic rings. The Balaban J connectivity index is 2.94. The Morgan fingerprint density at radius 1 is 1.37 bits per heavy atom. The molecule has 7 nitrogen and oxygen atoms in total. The number of carbonyl (C=O) groups is 2. The predicted molar refractivity (Wildman–Crippen MR) is 70.0 cm³/mol. The van der Waals surface area contributed by atoms with Crippen LogP contribution < -0.4 is 21.5 Å². The molecule has 0 aromatic heterocycles. The summed E-state index contributed by atoms with van der Waals surface area (Å²) in [6, 6.07) is 3.66. The highest BCUT2D eigenvalue weighted by Crippen LogP contribution is 2.25. The van der Waals surface area contributed by atoms with E-state index in [1.54, 1.807) is 0 Å². The van der Waals surface area contributed by atoms with Crippen LogP contribution in [0.2, 0.25) is 0 Å². The molecule has 104 valence electrons. The van der Waals surface area contributed by atoms with Crippen LogP contribution >= 0.6 is 0 Å². The van der Waals surface area contributed by atoms with Crippen molar-refractivity contribution in [2.75, 3.05) is 26.1 Å². The first kappa shape index (κ1) is 14.9. The van der Waals surface area contributed by atoms with E-state index in [0.717, 1.165) is 0 Å². The third-order valence-corrected chi connectivity index (χ3v) is 2.42. The van der Waals surface area contributed by atoms with E-state index in [1.807, 2.05) is 0 Å². The Labute approximate surface area is 110 Å². The Kier molecular flexibility index (Phi) is 5.28.